The van der Waals surface area contributed by atoms with Crippen molar-refractivity contribution >= 4 is 29.1 Å². The van der Waals surface area contributed by atoms with E-state index < -0.39 is 17.7 Å². The number of Topliss-reactive ketones (excluding diaryl/α,β-unsaturated/α-hetero) is 2. The molecule has 0 radical (unpaired) electrons. The van der Waals surface area contributed by atoms with Crippen LogP contribution in [0.25, 0.3) is 0 Å². The fourth-order valence-electron chi connectivity index (χ4n) is 2.42. The number of benzene rings is 1. The van der Waals surface area contributed by atoms with Gasteiger partial charge in [0.2, 0.25) is 17.6 Å². The van der Waals surface area contributed by atoms with E-state index in [-0.39, 0.29) is 41.5 Å². The Hall–Kier alpha value is -2.83. The van der Waals surface area contributed by atoms with Crippen molar-refractivity contribution in [1.82, 2.24) is 4.90 Å². The molecule has 120 valence electrons. The summed E-state index contributed by atoms with van der Waals surface area (Å²) in [6, 6.07) is 5.33. The fraction of sp³-hybridized carbons (Fsp3) is 0.312. The molecule has 1 aliphatic rings. The first-order chi connectivity index (χ1) is 10.8. The van der Waals surface area contributed by atoms with Crippen LogP contribution < -0.4 is 5.73 Å². The van der Waals surface area contributed by atoms with Crippen molar-refractivity contribution in [2.75, 3.05) is 13.6 Å². The average Bonchev–Trinajstić information content (AvgIpc) is 2.51. The summed E-state index contributed by atoms with van der Waals surface area (Å²) in [5.41, 5.74) is 5.55. The van der Waals surface area contributed by atoms with Crippen LogP contribution in [0.1, 0.15) is 34.1 Å². The van der Waals surface area contributed by atoms with Gasteiger partial charge in [0.25, 0.3) is 0 Å². The smallest absolute Gasteiger partial charge is 0.220 e. The van der Waals surface area contributed by atoms with Crippen LogP contribution in [0.2, 0.25) is 0 Å². The Balaban J connectivity index is 2.51. The molecule has 1 aromatic rings. The number of carbonyl (C=O) groups excluding carboxylic acids is 4. The molecule has 0 bridgehead atoms. The average molecular weight is 315 g/mol. The number of nitrogens with two attached hydrogens (primary N) is 1. The molecule has 0 aromatic heterocycles. The zero-order valence-corrected chi connectivity index (χ0v) is 12.9. The fourth-order valence-corrected chi connectivity index (χ4v) is 2.42. The van der Waals surface area contributed by atoms with Gasteiger partial charge in [0.1, 0.15) is 11.8 Å². The lowest BCUT2D eigenvalue weighted by Gasteiger charge is -2.30. The van der Waals surface area contributed by atoms with Gasteiger partial charge in [-0.1, -0.05) is 24.3 Å². The van der Waals surface area contributed by atoms with E-state index in [9.17, 15) is 19.2 Å². The van der Waals surface area contributed by atoms with E-state index in [1.54, 1.807) is 24.3 Å². The molecule has 1 aromatic carbocycles. The van der Waals surface area contributed by atoms with E-state index in [0.29, 0.717) is 0 Å². The topological polar surface area (TPSA) is 110 Å². The molecule has 2 rings (SSSR count). The predicted molar refractivity (Wildman–Crippen MR) is 83.4 cm³/mol. The number of nitrogens with zero attached hydrogens (tertiary/aromatic N) is 2. The minimum Gasteiger partial charge on any atom is -0.370 e. The first kappa shape index (κ1) is 16.5. The van der Waals surface area contributed by atoms with E-state index in [1.165, 1.54) is 18.9 Å². The molecule has 0 fully saturated rings. The van der Waals surface area contributed by atoms with Crippen molar-refractivity contribution in [3.63, 3.8) is 0 Å². The van der Waals surface area contributed by atoms with Gasteiger partial charge in [-0.2, -0.15) is 0 Å². The number of amides is 2. The van der Waals surface area contributed by atoms with Gasteiger partial charge in [-0.3, -0.25) is 24.2 Å². The maximum absolute atomic E-state index is 12.7. The van der Waals surface area contributed by atoms with E-state index in [2.05, 4.69) is 4.99 Å². The Morgan fingerprint density at radius 2 is 1.83 bits per heavy atom. The molecule has 0 saturated heterocycles. The Labute approximate surface area is 133 Å². The molecular weight excluding hydrogens is 298 g/mol. The largest absolute Gasteiger partial charge is 0.370 e. The number of hydrogen-bond donors (Lipinski definition) is 1. The maximum atomic E-state index is 12.7. The molecule has 1 atom stereocenters. The van der Waals surface area contributed by atoms with Gasteiger partial charge in [0.15, 0.2) is 5.78 Å². The van der Waals surface area contributed by atoms with Crippen LogP contribution in [0.3, 0.4) is 0 Å². The molecule has 0 heterocycles. The van der Waals surface area contributed by atoms with Crippen LogP contribution in [0.5, 0.6) is 0 Å². The van der Waals surface area contributed by atoms with Gasteiger partial charge in [-0.05, 0) is 0 Å². The maximum Gasteiger partial charge on any atom is 0.220 e. The van der Waals surface area contributed by atoms with Crippen LogP contribution in [0, 0.1) is 0 Å². The van der Waals surface area contributed by atoms with Crippen LogP contribution in [-0.2, 0) is 9.59 Å². The van der Waals surface area contributed by atoms with Gasteiger partial charge in [0.05, 0.1) is 0 Å². The minimum atomic E-state index is -1.08. The highest BCUT2D eigenvalue weighted by Gasteiger charge is 2.41. The second-order valence-electron chi connectivity index (χ2n) is 5.25. The lowest BCUT2D eigenvalue weighted by molar-refractivity contribution is -0.128. The van der Waals surface area contributed by atoms with E-state index in [4.69, 9.17) is 5.73 Å². The zero-order valence-electron chi connectivity index (χ0n) is 12.9. The van der Waals surface area contributed by atoms with Crippen LogP contribution in [-0.4, -0.2) is 53.6 Å². The molecular formula is C16H17N3O4. The normalized spacial score (nSPS) is 18.7. The monoisotopic (exact) mass is 315 g/mol. The quantitative estimate of drug-likeness (QED) is 0.857. The summed E-state index contributed by atoms with van der Waals surface area (Å²) in [4.78, 5) is 53.1. The first-order valence-corrected chi connectivity index (χ1v) is 7.08. The highest BCUT2D eigenvalue weighted by molar-refractivity contribution is 6.55. The van der Waals surface area contributed by atoms with Crippen molar-refractivity contribution in [2.45, 2.75) is 19.4 Å². The van der Waals surface area contributed by atoms with Crippen LogP contribution in [0.4, 0.5) is 0 Å². The lowest BCUT2D eigenvalue weighted by Crippen LogP contribution is -2.52. The number of primary amides is 1. The number of likely N-dealkylation sites (N-methyl/N-ethyl adjacent to an activating group) is 1. The number of ketones is 2. The van der Waals surface area contributed by atoms with Gasteiger partial charge in [0, 0.05) is 38.1 Å². The summed E-state index contributed by atoms with van der Waals surface area (Å²) in [7, 11) is 1.44. The zero-order chi connectivity index (χ0) is 17.1. The van der Waals surface area contributed by atoms with Gasteiger partial charge < -0.3 is 10.6 Å². The second kappa shape index (κ2) is 6.51. The van der Waals surface area contributed by atoms with Gasteiger partial charge in [-0.25, -0.2) is 0 Å². The summed E-state index contributed by atoms with van der Waals surface area (Å²) >= 11 is 0. The third kappa shape index (κ3) is 3.18. The van der Waals surface area contributed by atoms with E-state index in [1.807, 2.05) is 0 Å². The first-order valence-electron chi connectivity index (χ1n) is 7.08. The minimum absolute atomic E-state index is 0.00585. The predicted octanol–water partition coefficient (Wildman–Crippen LogP) is 0.229. The van der Waals surface area contributed by atoms with Crippen LogP contribution in [0.15, 0.2) is 29.3 Å². The Kier molecular flexibility index (Phi) is 4.68. The standard InChI is InChI=1S/C16H17N3O4/c1-9(20)19(2)14-13(18-8-7-12(17)21)15(22)10-5-3-4-6-11(10)16(14)23/h3-6,14H,7-8H2,1-2H3,(H2,17,21). The highest BCUT2D eigenvalue weighted by atomic mass is 16.2. The Morgan fingerprint density at radius 3 is 2.39 bits per heavy atom. The van der Waals surface area contributed by atoms with Crippen molar-refractivity contribution in [3.8, 4) is 0 Å². The molecule has 1 aliphatic carbocycles. The summed E-state index contributed by atoms with van der Waals surface area (Å²) in [6.07, 6.45) is -0.0386. The highest BCUT2D eigenvalue weighted by Crippen LogP contribution is 2.23. The number of hydrogen-bond acceptors (Lipinski definition) is 5. The van der Waals surface area contributed by atoms with Crippen molar-refractivity contribution in [2.24, 2.45) is 10.7 Å². The Morgan fingerprint density at radius 1 is 1.22 bits per heavy atom. The van der Waals surface area contributed by atoms with Crippen LogP contribution >= 0.6 is 0 Å². The van der Waals surface area contributed by atoms with Crippen molar-refractivity contribution < 1.29 is 19.2 Å². The molecule has 7 nitrogen and oxygen atoms in total. The number of carbonyl (C=O) groups is 4. The van der Waals surface area contributed by atoms with E-state index in [0.717, 1.165) is 0 Å². The van der Waals surface area contributed by atoms with Crippen molar-refractivity contribution in [3.05, 3.63) is 35.4 Å². The Bertz CT molecular complexity index is 724. The summed E-state index contributed by atoms with van der Waals surface area (Å²) < 4.78 is 0. The SMILES string of the molecule is CC(=O)N(C)C1C(=O)c2ccccc2C(=O)C1=NCCC(N)=O. The molecule has 2 N–H and O–H groups in total. The summed E-state index contributed by atoms with van der Waals surface area (Å²) in [5.74, 6) is -1.70. The number of rotatable bonds is 4. The summed E-state index contributed by atoms with van der Waals surface area (Å²) in [6.45, 7) is 1.30. The number of fused-ring (bicyclic) bond motifs is 1. The summed E-state index contributed by atoms with van der Waals surface area (Å²) in [5, 5.41) is 0. The van der Waals surface area contributed by atoms with Crippen molar-refractivity contribution in [1.29, 1.82) is 0 Å². The second-order valence-corrected chi connectivity index (χ2v) is 5.25. The number of aliphatic imine (C=N–C) groups is 1. The molecule has 2 amide bonds. The molecule has 7 heteroatoms. The van der Waals surface area contributed by atoms with Gasteiger partial charge >= 0.3 is 0 Å². The molecule has 0 aliphatic heterocycles. The molecule has 1 unspecified atom stereocenters. The third-order valence-electron chi connectivity index (χ3n) is 3.70. The van der Waals surface area contributed by atoms with E-state index >= 15 is 0 Å². The van der Waals surface area contributed by atoms with Gasteiger partial charge in [-0.15, -0.1) is 0 Å². The third-order valence-corrected chi connectivity index (χ3v) is 3.70. The molecule has 0 saturated carbocycles. The molecule has 23 heavy (non-hydrogen) atoms. The molecule has 0 spiro atoms. The lowest BCUT2D eigenvalue weighted by atomic mass is 9.83.